The van der Waals surface area contributed by atoms with Gasteiger partial charge in [-0.05, 0) is 18.2 Å². The van der Waals surface area contributed by atoms with Gasteiger partial charge in [0, 0.05) is 16.8 Å². The first-order valence-electron chi connectivity index (χ1n) is 3.87. The third-order valence-electron chi connectivity index (χ3n) is 1.45. The first-order valence-corrected chi connectivity index (χ1v) is 4.25. The Bertz CT molecular complexity index is 376. The van der Waals surface area contributed by atoms with E-state index in [9.17, 15) is 4.39 Å². The van der Waals surface area contributed by atoms with E-state index in [0.717, 1.165) is 0 Å². The fourth-order valence-electron chi connectivity index (χ4n) is 0.849. The van der Waals surface area contributed by atoms with Crippen LogP contribution >= 0.6 is 11.6 Å². The van der Waals surface area contributed by atoms with Crippen molar-refractivity contribution in [3.8, 4) is 0 Å². The van der Waals surface area contributed by atoms with Crippen LogP contribution in [0.4, 0.5) is 4.39 Å². The van der Waals surface area contributed by atoms with Gasteiger partial charge in [0.25, 0.3) is 0 Å². The lowest BCUT2D eigenvalue weighted by atomic mass is 10.2. The number of hydrogen-bond acceptors (Lipinski definition) is 2. The topological polar surface area (TPSA) is 62.2 Å². The summed E-state index contributed by atoms with van der Waals surface area (Å²) in [6, 6.07) is 4.29. The highest BCUT2D eigenvalue weighted by Crippen LogP contribution is 2.12. The van der Waals surface area contributed by atoms with Gasteiger partial charge in [-0.15, -0.1) is 0 Å². The second kappa shape index (κ2) is 4.72. The number of nitrogens with one attached hydrogen (secondary N) is 1. The van der Waals surface area contributed by atoms with Crippen LogP contribution in [0.1, 0.15) is 5.56 Å². The Hall–Kier alpha value is -1.42. The van der Waals surface area contributed by atoms with E-state index in [1.54, 1.807) is 6.07 Å². The monoisotopic (exact) mass is 213 g/mol. The summed E-state index contributed by atoms with van der Waals surface area (Å²) >= 11 is 5.56. The zero-order chi connectivity index (χ0) is 10.6. The summed E-state index contributed by atoms with van der Waals surface area (Å²) in [5, 5.41) is 7.24. The van der Waals surface area contributed by atoms with Crippen molar-refractivity contribution in [3.63, 3.8) is 0 Å². The zero-order valence-corrected chi connectivity index (χ0v) is 8.05. The second-order valence-electron chi connectivity index (χ2n) is 2.66. The summed E-state index contributed by atoms with van der Waals surface area (Å²) in [5.41, 5.74) is 5.40. The zero-order valence-electron chi connectivity index (χ0n) is 7.30. The predicted molar refractivity (Wildman–Crippen MR) is 55.8 cm³/mol. The van der Waals surface area contributed by atoms with Crippen LogP contribution in [0.5, 0.6) is 0 Å². The van der Waals surface area contributed by atoms with E-state index in [0.29, 0.717) is 10.6 Å². The molecule has 0 fully saturated rings. The molecule has 0 aromatic heterocycles. The fraction of sp³-hybridized carbons (Fsp3) is 0.111. The van der Waals surface area contributed by atoms with Gasteiger partial charge in [0.1, 0.15) is 11.7 Å². The van der Waals surface area contributed by atoms with E-state index in [2.05, 4.69) is 4.99 Å². The molecule has 0 aliphatic heterocycles. The van der Waals surface area contributed by atoms with Crippen LogP contribution in [0.3, 0.4) is 0 Å². The molecule has 1 aromatic rings. The van der Waals surface area contributed by atoms with Gasteiger partial charge in [0.05, 0.1) is 6.54 Å². The number of nitrogens with two attached hydrogens (primary N) is 1. The van der Waals surface area contributed by atoms with Gasteiger partial charge in [-0.3, -0.25) is 10.4 Å². The molecular formula is C9H9ClFN3. The van der Waals surface area contributed by atoms with Gasteiger partial charge < -0.3 is 5.73 Å². The highest BCUT2D eigenvalue weighted by atomic mass is 35.5. The highest BCUT2D eigenvalue weighted by Gasteiger charge is 1.99. The second-order valence-corrected chi connectivity index (χ2v) is 3.10. The van der Waals surface area contributed by atoms with E-state index < -0.39 is 5.82 Å². The molecule has 0 saturated carbocycles. The number of amidine groups is 1. The van der Waals surface area contributed by atoms with Gasteiger partial charge in [0.2, 0.25) is 0 Å². The summed E-state index contributed by atoms with van der Waals surface area (Å²) < 4.78 is 13.1. The van der Waals surface area contributed by atoms with E-state index in [1.165, 1.54) is 18.3 Å². The first kappa shape index (κ1) is 10.7. The minimum absolute atomic E-state index is 0.0596. The van der Waals surface area contributed by atoms with Gasteiger partial charge >= 0.3 is 0 Å². The van der Waals surface area contributed by atoms with Crippen LogP contribution in [-0.2, 0) is 0 Å². The molecule has 14 heavy (non-hydrogen) atoms. The average molecular weight is 214 g/mol. The van der Waals surface area contributed by atoms with Crippen molar-refractivity contribution in [3.05, 3.63) is 34.6 Å². The maximum absolute atomic E-state index is 13.1. The first-order chi connectivity index (χ1) is 6.59. The van der Waals surface area contributed by atoms with E-state index in [4.69, 9.17) is 22.7 Å². The summed E-state index contributed by atoms with van der Waals surface area (Å²) in [7, 11) is 0. The van der Waals surface area contributed by atoms with Crippen molar-refractivity contribution in [1.29, 1.82) is 5.41 Å². The molecule has 0 unspecified atom stereocenters. The summed E-state index contributed by atoms with van der Waals surface area (Å²) in [6.07, 6.45) is 1.33. The molecule has 0 amide bonds. The molecule has 1 aromatic carbocycles. The number of hydrogen-bond donors (Lipinski definition) is 2. The minimum atomic E-state index is -0.440. The van der Waals surface area contributed by atoms with Crippen molar-refractivity contribution in [2.75, 3.05) is 6.54 Å². The molecule has 0 saturated heterocycles. The van der Waals surface area contributed by atoms with Gasteiger partial charge in [-0.25, -0.2) is 4.39 Å². The smallest absolute Gasteiger partial charge is 0.133 e. The number of aliphatic imine (C=N–C) groups is 1. The van der Waals surface area contributed by atoms with Crippen molar-refractivity contribution >= 4 is 23.7 Å². The molecule has 1 rings (SSSR count). The number of rotatable bonds is 3. The Morgan fingerprint density at radius 2 is 2.36 bits per heavy atom. The van der Waals surface area contributed by atoms with Crippen LogP contribution in [0.15, 0.2) is 23.2 Å². The number of nitrogens with zero attached hydrogens (tertiary/aromatic N) is 1. The number of halogens is 2. The molecular weight excluding hydrogens is 205 g/mol. The lowest BCUT2D eigenvalue weighted by molar-refractivity contribution is 0.626. The van der Waals surface area contributed by atoms with Gasteiger partial charge in [-0.2, -0.15) is 0 Å². The Kier molecular flexibility index (Phi) is 3.59. The molecule has 0 radical (unpaired) electrons. The lowest BCUT2D eigenvalue weighted by Crippen LogP contribution is -2.13. The summed E-state index contributed by atoms with van der Waals surface area (Å²) in [6.45, 7) is 0.0715. The van der Waals surface area contributed by atoms with E-state index in [-0.39, 0.29) is 12.4 Å². The Morgan fingerprint density at radius 1 is 1.64 bits per heavy atom. The minimum Gasteiger partial charge on any atom is -0.386 e. The molecule has 74 valence electrons. The molecule has 0 aliphatic carbocycles. The van der Waals surface area contributed by atoms with Crippen LogP contribution in [0.2, 0.25) is 5.02 Å². The molecule has 0 bridgehead atoms. The largest absolute Gasteiger partial charge is 0.386 e. The average Bonchev–Trinajstić information content (AvgIpc) is 2.08. The SMILES string of the molecule is N=C(N)CN=Cc1ccc(Cl)cc1F. The maximum atomic E-state index is 13.1. The van der Waals surface area contributed by atoms with Crippen LogP contribution < -0.4 is 5.73 Å². The summed E-state index contributed by atoms with van der Waals surface area (Å²) in [4.78, 5) is 3.77. The van der Waals surface area contributed by atoms with Crippen molar-refractivity contribution < 1.29 is 4.39 Å². The van der Waals surface area contributed by atoms with Crippen molar-refractivity contribution in [2.24, 2.45) is 10.7 Å². The predicted octanol–water partition coefficient (Wildman–Crippen LogP) is 1.83. The van der Waals surface area contributed by atoms with Crippen LogP contribution in [0, 0.1) is 11.2 Å². The molecule has 0 spiro atoms. The molecule has 0 heterocycles. The molecule has 0 atom stereocenters. The third-order valence-corrected chi connectivity index (χ3v) is 1.69. The number of benzene rings is 1. The Morgan fingerprint density at radius 3 is 2.93 bits per heavy atom. The standard InChI is InChI=1S/C9H9ClFN3/c10-7-2-1-6(8(11)3-7)4-14-5-9(12)13/h1-4H,5H2,(H3,12,13). The van der Waals surface area contributed by atoms with E-state index >= 15 is 0 Å². The van der Waals surface area contributed by atoms with Crippen molar-refractivity contribution in [2.45, 2.75) is 0 Å². The van der Waals surface area contributed by atoms with Gasteiger partial charge in [0.15, 0.2) is 0 Å². The van der Waals surface area contributed by atoms with Crippen molar-refractivity contribution in [1.82, 2.24) is 0 Å². The molecule has 3 N–H and O–H groups in total. The normalized spacial score (nSPS) is 10.7. The third kappa shape index (κ3) is 3.14. The lowest BCUT2D eigenvalue weighted by Gasteiger charge is -1.96. The van der Waals surface area contributed by atoms with Crippen LogP contribution in [0.25, 0.3) is 0 Å². The Balaban J connectivity index is 2.76. The fourth-order valence-corrected chi connectivity index (χ4v) is 1.01. The van der Waals surface area contributed by atoms with Gasteiger partial charge in [-0.1, -0.05) is 11.6 Å². The maximum Gasteiger partial charge on any atom is 0.133 e. The quantitative estimate of drug-likeness (QED) is 0.584. The summed E-state index contributed by atoms with van der Waals surface area (Å²) in [5.74, 6) is -0.500. The van der Waals surface area contributed by atoms with E-state index in [1.807, 2.05) is 0 Å². The molecule has 0 aliphatic rings. The Labute approximate surface area is 85.9 Å². The highest BCUT2D eigenvalue weighted by molar-refractivity contribution is 6.30. The molecule has 3 nitrogen and oxygen atoms in total. The van der Waals surface area contributed by atoms with Crippen LogP contribution in [-0.4, -0.2) is 18.6 Å². The molecule has 5 heteroatoms.